The Kier molecular flexibility index (Phi) is 6.10. The third kappa shape index (κ3) is 4.50. The summed E-state index contributed by atoms with van der Waals surface area (Å²) in [5.41, 5.74) is 0.345. The van der Waals surface area contributed by atoms with Gasteiger partial charge in [-0.15, -0.1) is 0 Å². The number of hydrogen-bond acceptors (Lipinski definition) is 2. The molecule has 0 aromatic heterocycles. The van der Waals surface area contributed by atoms with Crippen LogP contribution in [0.3, 0.4) is 0 Å². The van der Waals surface area contributed by atoms with E-state index in [0.29, 0.717) is 23.1 Å². The van der Waals surface area contributed by atoms with E-state index in [1.807, 2.05) is 6.92 Å². The number of benzene rings is 2. The van der Waals surface area contributed by atoms with Gasteiger partial charge in [0, 0.05) is 5.02 Å². The Labute approximate surface area is 148 Å². The van der Waals surface area contributed by atoms with E-state index in [4.69, 9.17) is 39.5 Å². The fraction of sp³-hybridized carbons (Fsp3) is 0.188. The fourth-order valence-electron chi connectivity index (χ4n) is 1.82. The average molecular weight is 377 g/mol. The van der Waals surface area contributed by atoms with Crippen LogP contribution in [0.2, 0.25) is 15.1 Å². The van der Waals surface area contributed by atoms with Crippen LogP contribution in [0.5, 0.6) is 5.75 Å². The molecule has 0 atom stereocenters. The number of rotatable bonds is 5. The molecule has 1 amide bonds. The van der Waals surface area contributed by atoms with Crippen LogP contribution in [0.15, 0.2) is 30.3 Å². The van der Waals surface area contributed by atoms with E-state index in [-0.39, 0.29) is 15.6 Å². The Bertz CT molecular complexity index is 738. The van der Waals surface area contributed by atoms with Crippen molar-refractivity contribution in [1.29, 1.82) is 0 Å². The molecule has 2 rings (SSSR count). The summed E-state index contributed by atoms with van der Waals surface area (Å²) in [6.45, 7) is 2.45. The minimum Gasteiger partial charge on any atom is -0.491 e. The van der Waals surface area contributed by atoms with Crippen molar-refractivity contribution in [2.24, 2.45) is 0 Å². The van der Waals surface area contributed by atoms with Crippen LogP contribution in [0.4, 0.5) is 10.1 Å². The monoisotopic (exact) mass is 375 g/mol. The summed E-state index contributed by atoms with van der Waals surface area (Å²) in [7, 11) is 0. The second-order valence-corrected chi connectivity index (χ2v) is 5.94. The summed E-state index contributed by atoms with van der Waals surface area (Å²) < 4.78 is 19.1. The lowest BCUT2D eigenvalue weighted by atomic mass is 10.2. The van der Waals surface area contributed by atoms with E-state index in [1.165, 1.54) is 6.07 Å². The molecule has 122 valence electrons. The Hall–Kier alpha value is -1.49. The molecule has 0 heterocycles. The Morgan fingerprint density at radius 3 is 2.61 bits per heavy atom. The Morgan fingerprint density at radius 2 is 1.91 bits per heavy atom. The molecular weight excluding hydrogens is 364 g/mol. The summed E-state index contributed by atoms with van der Waals surface area (Å²) in [5.74, 6) is -0.848. The molecule has 0 saturated carbocycles. The van der Waals surface area contributed by atoms with Gasteiger partial charge < -0.3 is 10.1 Å². The molecule has 2 aromatic rings. The first-order valence-corrected chi connectivity index (χ1v) is 7.94. The molecule has 0 fully saturated rings. The number of amides is 1. The number of anilines is 1. The molecule has 0 unspecified atom stereocenters. The molecule has 7 heteroatoms. The van der Waals surface area contributed by atoms with Gasteiger partial charge in [-0.1, -0.05) is 41.7 Å². The van der Waals surface area contributed by atoms with Crippen LogP contribution < -0.4 is 10.1 Å². The van der Waals surface area contributed by atoms with Crippen molar-refractivity contribution in [1.82, 2.24) is 0 Å². The lowest BCUT2D eigenvalue weighted by molar-refractivity contribution is 0.102. The van der Waals surface area contributed by atoms with E-state index in [0.717, 1.165) is 12.5 Å². The van der Waals surface area contributed by atoms with Crippen LogP contribution >= 0.6 is 34.8 Å². The lowest BCUT2D eigenvalue weighted by Gasteiger charge is -2.13. The standard InChI is InChI=1S/C16H13Cl3FNO2/c1-2-5-23-15-4-3-9(17)6-14(15)21-16(22)10-7-13(20)12(19)8-11(10)18/h3-4,6-8H,2,5H2,1H3,(H,21,22). The number of nitrogens with one attached hydrogen (secondary N) is 1. The SMILES string of the molecule is CCCOc1ccc(Cl)cc1NC(=O)c1cc(F)c(Cl)cc1Cl. The first-order chi connectivity index (χ1) is 10.9. The highest BCUT2D eigenvalue weighted by molar-refractivity contribution is 6.37. The zero-order valence-electron chi connectivity index (χ0n) is 12.1. The van der Waals surface area contributed by atoms with Crippen LogP contribution in [0.1, 0.15) is 23.7 Å². The Balaban J connectivity index is 2.29. The molecule has 23 heavy (non-hydrogen) atoms. The highest BCUT2D eigenvalue weighted by Crippen LogP contribution is 2.30. The number of carbonyl (C=O) groups excluding carboxylic acids is 1. The first-order valence-electron chi connectivity index (χ1n) is 6.80. The van der Waals surface area contributed by atoms with E-state index >= 15 is 0 Å². The van der Waals surface area contributed by atoms with Gasteiger partial charge >= 0.3 is 0 Å². The number of hydrogen-bond donors (Lipinski definition) is 1. The molecule has 0 aliphatic heterocycles. The normalized spacial score (nSPS) is 10.5. The van der Waals surface area contributed by atoms with E-state index in [9.17, 15) is 9.18 Å². The van der Waals surface area contributed by atoms with Gasteiger partial charge in [0.2, 0.25) is 0 Å². The molecule has 1 N–H and O–H groups in total. The maximum absolute atomic E-state index is 13.6. The van der Waals surface area contributed by atoms with Crippen LogP contribution in [-0.2, 0) is 0 Å². The maximum atomic E-state index is 13.6. The van der Waals surface area contributed by atoms with Crippen LogP contribution in [-0.4, -0.2) is 12.5 Å². The van der Waals surface area contributed by atoms with E-state index < -0.39 is 11.7 Å². The van der Waals surface area contributed by atoms with Crippen LogP contribution in [0, 0.1) is 5.82 Å². The molecule has 0 saturated heterocycles. The third-order valence-electron chi connectivity index (χ3n) is 2.91. The summed E-state index contributed by atoms with van der Waals surface area (Å²) in [6.07, 6.45) is 0.810. The van der Waals surface area contributed by atoms with Gasteiger partial charge in [-0.25, -0.2) is 4.39 Å². The van der Waals surface area contributed by atoms with Gasteiger partial charge in [0.1, 0.15) is 11.6 Å². The second kappa shape index (κ2) is 7.86. The topological polar surface area (TPSA) is 38.3 Å². The zero-order chi connectivity index (χ0) is 17.0. The van der Waals surface area contributed by atoms with Crippen molar-refractivity contribution in [3.05, 3.63) is 56.8 Å². The van der Waals surface area contributed by atoms with Gasteiger partial charge in [-0.3, -0.25) is 4.79 Å². The minimum absolute atomic E-state index is 0.0324. The number of halogens is 4. The maximum Gasteiger partial charge on any atom is 0.257 e. The summed E-state index contributed by atoms with van der Waals surface area (Å²) in [6, 6.07) is 7.01. The van der Waals surface area contributed by atoms with Crippen molar-refractivity contribution in [2.45, 2.75) is 13.3 Å². The van der Waals surface area contributed by atoms with Gasteiger partial charge in [0.15, 0.2) is 0 Å². The largest absolute Gasteiger partial charge is 0.491 e. The van der Waals surface area contributed by atoms with Crippen molar-refractivity contribution in [2.75, 3.05) is 11.9 Å². The first kappa shape index (κ1) is 17.9. The van der Waals surface area contributed by atoms with E-state index in [2.05, 4.69) is 5.32 Å². The van der Waals surface area contributed by atoms with Gasteiger partial charge in [0.25, 0.3) is 5.91 Å². The zero-order valence-corrected chi connectivity index (χ0v) is 14.4. The molecule has 0 spiro atoms. The van der Waals surface area contributed by atoms with E-state index in [1.54, 1.807) is 18.2 Å². The molecule has 0 radical (unpaired) electrons. The smallest absolute Gasteiger partial charge is 0.257 e. The molecular formula is C16H13Cl3FNO2. The molecule has 0 bridgehead atoms. The molecule has 3 nitrogen and oxygen atoms in total. The van der Waals surface area contributed by atoms with Crippen molar-refractivity contribution in [3.63, 3.8) is 0 Å². The quantitative estimate of drug-likeness (QED) is 0.667. The molecule has 2 aromatic carbocycles. The van der Waals surface area contributed by atoms with Gasteiger partial charge in [0.05, 0.1) is 27.9 Å². The fourth-order valence-corrected chi connectivity index (χ4v) is 2.47. The molecule has 0 aliphatic carbocycles. The Morgan fingerprint density at radius 1 is 1.17 bits per heavy atom. The van der Waals surface area contributed by atoms with Crippen molar-refractivity contribution < 1.29 is 13.9 Å². The lowest BCUT2D eigenvalue weighted by Crippen LogP contribution is -2.14. The summed E-state index contributed by atoms with van der Waals surface area (Å²) in [4.78, 5) is 12.3. The average Bonchev–Trinajstić information content (AvgIpc) is 2.50. The minimum atomic E-state index is -0.727. The highest BCUT2D eigenvalue weighted by Gasteiger charge is 2.16. The van der Waals surface area contributed by atoms with Crippen LogP contribution in [0.25, 0.3) is 0 Å². The number of ether oxygens (including phenoxy) is 1. The van der Waals surface area contributed by atoms with Crippen molar-refractivity contribution in [3.8, 4) is 5.75 Å². The second-order valence-electron chi connectivity index (χ2n) is 4.69. The predicted octanol–water partition coefficient (Wildman–Crippen LogP) is 5.83. The third-order valence-corrected chi connectivity index (χ3v) is 3.74. The predicted molar refractivity (Wildman–Crippen MR) is 91.6 cm³/mol. The van der Waals surface area contributed by atoms with Gasteiger partial charge in [-0.2, -0.15) is 0 Å². The molecule has 0 aliphatic rings. The number of carbonyl (C=O) groups is 1. The van der Waals surface area contributed by atoms with Gasteiger partial charge in [-0.05, 0) is 36.8 Å². The summed E-state index contributed by atoms with van der Waals surface area (Å²) >= 11 is 17.5. The van der Waals surface area contributed by atoms with Crippen molar-refractivity contribution >= 4 is 46.4 Å². The summed E-state index contributed by atoms with van der Waals surface area (Å²) in [5, 5.41) is 2.95. The highest BCUT2D eigenvalue weighted by atomic mass is 35.5.